The number of carbonyl (C=O) groups excluding carboxylic acids is 1. The molecule has 12 heteroatoms. The van der Waals surface area contributed by atoms with E-state index in [0.717, 1.165) is 35.2 Å². The Bertz CT molecular complexity index is 1360. The van der Waals surface area contributed by atoms with E-state index in [1.807, 2.05) is 13.8 Å². The number of benzene rings is 1. The molecule has 172 valence electrons. The van der Waals surface area contributed by atoms with Crippen molar-refractivity contribution in [3.63, 3.8) is 0 Å². The van der Waals surface area contributed by atoms with E-state index in [9.17, 15) is 18.0 Å². The maximum atomic E-state index is 13.2. The van der Waals surface area contributed by atoms with Gasteiger partial charge in [-0.25, -0.2) is 14.2 Å². The number of halogens is 4. The monoisotopic (exact) mass is 477 g/mol. The largest absolute Gasteiger partial charge is 0.416 e. The van der Waals surface area contributed by atoms with Crippen LogP contribution < -0.4 is 5.32 Å². The molecule has 0 aliphatic rings. The molecule has 1 aromatic carbocycles. The summed E-state index contributed by atoms with van der Waals surface area (Å²) in [4.78, 5) is 21.2. The normalized spacial score (nSPS) is 11.8. The highest BCUT2D eigenvalue weighted by molar-refractivity contribution is 6.32. The number of aromatic nitrogens is 6. The minimum atomic E-state index is -4.54. The van der Waals surface area contributed by atoms with Crippen LogP contribution in [0.1, 0.15) is 34.6 Å². The first kappa shape index (κ1) is 22.7. The fourth-order valence-electron chi connectivity index (χ4n) is 3.58. The summed E-state index contributed by atoms with van der Waals surface area (Å²) in [6.45, 7) is 5.38. The average Bonchev–Trinajstić information content (AvgIpc) is 3.33. The van der Waals surface area contributed by atoms with E-state index in [4.69, 9.17) is 11.6 Å². The average molecular weight is 478 g/mol. The number of fused-ring (bicyclic) bond motifs is 1. The van der Waals surface area contributed by atoms with Crippen LogP contribution in [0.3, 0.4) is 0 Å². The number of alkyl halides is 3. The first-order valence-electron chi connectivity index (χ1n) is 9.94. The standard InChI is InChI=1S/C21H19ClF3N7O/c1-11-8-18(32(30-11)17-9-14(21(23,24)25)4-6-16(17)22)29-19(33)7-5-15-12(2)28-20-26-10-27-31(20)13(15)3/h4,6,8-10H,5,7H2,1-3H3,(H,29,33). The Morgan fingerprint density at radius 1 is 1.18 bits per heavy atom. The van der Waals surface area contributed by atoms with Gasteiger partial charge in [-0.2, -0.15) is 28.4 Å². The van der Waals surface area contributed by atoms with Crippen molar-refractivity contribution in [2.45, 2.75) is 39.8 Å². The number of amides is 1. The van der Waals surface area contributed by atoms with E-state index < -0.39 is 11.7 Å². The third kappa shape index (κ3) is 4.54. The number of aryl methyl sites for hydroxylation is 3. The van der Waals surface area contributed by atoms with Crippen molar-refractivity contribution in [3.8, 4) is 5.69 Å². The van der Waals surface area contributed by atoms with Gasteiger partial charge < -0.3 is 5.32 Å². The Balaban J connectivity index is 1.56. The number of nitrogens with zero attached hydrogens (tertiary/aromatic N) is 6. The minimum Gasteiger partial charge on any atom is -0.311 e. The van der Waals surface area contributed by atoms with Gasteiger partial charge in [0.05, 0.1) is 22.0 Å². The number of nitrogens with one attached hydrogen (secondary N) is 1. The van der Waals surface area contributed by atoms with Gasteiger partial charge in [0.1, 0.15) is 12.1 Å². The van der Waals surface area contributed by atoms with E-state index in [1.165, 1.54) is 11.0 Å². The molecule has 0 unspecified atom stereocenters. The maximum absolute atomic E-state index is 13.2. The van der Waals surface area contributed by atoms with Gasteiger partial charge in [-0.3, -0.25) is 4.79 Å². The molecule has 8 nitrogen and oxygen atoms in total. The Hall–Kier alpha value is -3.47. The van der Waals surface area contributed by atoms with Gasteiger partial charge in [0.2, 0.25) is 5.91 Å². The molecule has 0 bridgehead atoms. The highest BCUT2D eigenvalue weighted by Crippen LogP contribution is 2.34. The van der Waals surface area contributed by atoms with Gasteiger partial charge >= 0.3 is 6.18 Å². The molecule has 0 aliphatic carbocycles. The number of hydrogen-bond acceptors (Lipinski definition) is 5. The predicted octanol–water partition coefficient (Wildman–Crippen LogP) is 4.48. The van der Waals surface area contributed by atoms with Crippen molar-refractivity contribution >= 4 is 29.1 Å². The van der Waals surface area contributed by atoms with Crippen LogP contribution in [0.5, 0.6) is 0 Å². The summed E-state index contributed by atoms with van der Waals surface area (Å²) in [5.74, 6) is 0.365. The van der Waals surface area contributed by atoms with Gasteiger partial charge in [0.15, 0.2) is 0 Å². The quantitative estimate of drug-likeness (QED) is 0.458. The molecule has 33 heavy (non-hydrogen) atoms. The van der Waals surface area contributed by atoms with Crippen LogP contribution in [0.25, 0.3) is 11.5 Å². The molecule has 0 fully saturated rings. The van der Waals surface area contributed by atoms with Crippen molar-refractivity contribution in [3.05, 3.63) is 63.8 Å². The topological polar surface area (TPSA) is 90.0 Å². The van der Waals surface area contributed by atoms with Crippen molar-refractivity contribution < 1.29 is 18.0 Å². The van der Waals surface area contributed by atoms with Crippen LogP contribution in [0, 0.1) is 20.8 Å². The van der Waals surface area contributed by atoms with Crippen LogP contribution in [-0.2, 0) is 17.4 Å². The van der Waals surface area contributed by atoms with Gasteiger partial charge in [-0.05, 0) is 51.0 Å². The Morgan fingerprint density at radius 3 is 2.67 bits per heavy atom. The maximum Gasteiger partial charge on any atom is 0.416 e. The second kappa shape index (κ2) is 8.47. The summed E-state index contributed by atoms with van der Waals surface area (Å²) in [5.41, 5.74) is 2.11. The third-order valence-corrected chi connectivity index (χ3v) is 5.51. The summed E-state index contributed by atoms with van der Waals surface area (Å²) >= 11 is 6.15. The molecule has 0 saturated carbocycles. The molecule has 1 amide bonds. The van der Waals surface area contributed by atoms with Crippen LogP contribution in [-0.4, -0.2) is 35.3 Å². The molecule has 0 aliphatic heterocycles. The van der Waals surface area contributed by atoms with E-state index in [1.54, 1.807) is 17.5 Å². The van der Waals surface area contributed by atoms with Crippen LogP contribution >= 0.6 is 11.6 Å². The lowest BCUT2D eigenvalue weighted by Gasteiger charge is -2.14. The van der Waals surface area contributed by atoms with Gasteiger partial charge in [-0.1, -0.05) is 11.6 Å². The number of hydrogen-bond donors (Lipinski definition) is 1. The van der Waals surface area contributed by atoms with Gasteiger partial charge in [-0.15, -0.1) is 0 Å². The fraction of sp³-hybridized carbons (Fsp3) is 0.286. The van der Waals surface area contributed by atoms with Crippen LogP contribution in [0.2, 0.25) is 5.02 Å². The second-order valence-electron chi connectivity index (χ2n) is 7.53. The zero-order chi connectivity index (χ0) is 23.9. The predicted molar refractivity (Wildman–Crippen MR) is 116 cm³/mol. The first-order valence-corrected chi connectivity index (χ1v) is 10.3. The Kier molecular flexibility index (Phi) is 5.83. The molecule has 0 atom stereocenters. The fourth-order valence-corrected chi connectivity index (χ4v) is 3.78. The molecular formula is C21H19ClF3N7O. The number of rotatable bonds is 5. The smallest absolute Gasteiger partial charge is 0.311 e. The summed E-state index contributed by atoms with van der Waals surface area (Å²) < 4.78 is 42.3. The van der Waals surface area contributed by atoms with Crippen molar-refractivity contribution in [1.29, 1.82) is 0 Å². The number of carbonyl (C=O) groups is 1. The van der Waals surface area contributed by atoms with E-state index in [2.05, 4.69) is 25.5 Å². The summed E-state index contributed by atoms with van der Waals surface area (Å²) in [6.07, 6.45) is -2.62. The SMILES string of the molecule is Cc1cc(NC(=O)CCc2c(C)nc3ncnn3c2C)n(-c2cc(C(F)(F)F)ccc2Cl)n1. The molecule has 0 saturated heterocycles. The Labute approximate surface area is 191 Å². The molecule has 1 N–H and O–H groups in total. The van der Waals surface area contributed by atoms with Crippen molar-refractivity contribution in [2.75, 3.05) is 5.32 Å². The third-order valence-electron chi connectivity index (χ3n) is 5.19. The second-order valence-corrected chi connectivity index (χ2v) is 7.94. The molecule has 4 rings (SSSR count). The lowest BCUT2D eigenvalue weighted by atomic mass is 10.1. The van der Waals surface area contributed by atoms with E-state index in [0.29, 0.717) is 17.9 Å². The van der Waals surface area contributed by atoms with Gasteiger partial charge in [0, 0.05) is 23.9 Å². The molecule has 3 aromatic heterocycles. The zero-order valence-electron chi connectivity index (χ0n) is 17.9. The first-order chi connectivity index (χ1) is 15.5. The highest BCUT2D eigenvalue weighted by atomic mass is 35.5. The summed E-state index contributed by atoms with van der Waals surface area (Å²) in [5, 5.41) is 11.1. The van der Waals surface area contributed by atoms with Crippen LogP contribution in [0.4, 0.5) is 19.0 Å². The number of anilines is 1. The van der Waals surface area contributed by atoms with Crippen molar-refractivity contribution in [1.82, 2.24) is 29.4 Å². The molecular weight excluding hydrogens is 459 g/mol. The zero-order valence-corrected chi connectivity index (χ0v) is 18.7. The summed E-state index contributed by atoms with van der Waals surface area (Å²) in [7, 11) is 0. The van der Waals surface area contributed by atoms with E-state index >= 15 is 0 Å². The molecule has 0 radical (unpaired) electrons. The van der Waals surface area contributed by atoms with Gasteiger partial charge in [0.25, 0.3) is 5.78 Å². The van der Waals surface area contributed by atoms with Crippen molar-refractivity contribution in [2.24, 2.45) is 0 Å². The lowest BCUT2D eigenvalue weighted by molar-refractivity contribution is -0.137. The molecule has 0 spiro atoms. The minimum absolute atomic E-state index is 0.0161. The molecule has 4 aromatic rings. The Morgan fingerprint density at radius 2 is 1.94 bits per heavy atom. The lowest BCUT2D eigenvalue weighted by Crippen LogP contribution is -2.17. The van der Waals surface area contributed by atoms with E-state index in [-0.39, 0.29) is 28.9 Å². The highest BCUT2D eigenvalue weighted by Gasteiger charge is 2.31. The summed E-state index contributed by atoms with van der Waals surface area (Å²) in [6, 6.07) is 4.51. The van der Waals surface area contributed by atoms with Crippen LogP contribution in [0.15, 0.2) is 30.6 Å². The molecule has 3 heterocycles.